The summed E-state index contributed by atoms with van der Waals surface area (Å²) in [7, 11) is 0. The largest absolute Gasteiger partial charge is 0.466 e. The van der Waals surface area contributed by atoms with Crippen molar-refractivity contribution in [2.24, 2.45) is 0 Å². The van der Waals surface area contributed by atoms with E-state index < -0.39 is 0 Å². The first-order valence-electron chi connectivity index (χ1n) is 5.02. The molecule has 84 valence electrons. The number of hydrogen-bond acceptors (Lipinski definition) is 3. The van der Waals surface area contributed by atoms with Gasteiger partial charge in [-0.05, 0) is 13.8 Å². The third-order valence-electron chi connectivity index (χ3n) is 1.86. The number of terminal acetylenes is 1. The van der Waals surface area contributed by atoms with Gasteiger partial charge in [-0.2, -0.15) is 0 Å². The van der Waals surface area contributed by atoms with E-state index in [9.17, 15) is 9.59 Å². The van der Waals surface area contributed by atoms with Gasteiger partial charge in [0.05, 0.1) is 19.6 Å². The Hall–Kier alpha value is -1.50. The summed E-state index contributed by atoms with van der Waals surface area (Å²) in [6, 6.07) is 0. The number of ether oxygens (including phenoxy) is 1. The smallest absolute Gasteiger partial charge is 0.306 e. The molecule has 0 aromatic carbocycles. The summed E-state index contributed by atoms with van der Waals surface area (Å²) in [6.07, 6.45) is 5.39. The van der Waals surface area contributed by atoms with Crippen LogP contribution in [0.2, 0.25) is 0 Å². The maximum Gasteiger partial charge on any atom is 0.306 e. The molecule has 0 aliphatic carbocycles. The van der Waals surface area contributed by atoms with Gasteiger partial charge in [0.15, 0.2) is 0 Å². The normalized spacial score (nSPS) is 9.13. The molecule has 0 atom stereocenters. The van der Waals surface area contributed by atoms with Gasteiger partial charge in [0.25, 0.3) is 0 Å². The van der Waals surface area contributed by atoms with Crippen molar-refractivity contribution in [3.63, 3.8) is 0 Å². The first-order valence-corrected chi connectivity index (χ1v) is 5.02. The quantitative estimate of drug-likeness (QED) is 0.482. The molecule has 0 radical (unpaired) electrons. The van der Waals surface area contributed by atoms with Crippen molar-refractivity contribution in [1.82, 2.24) is 4.90 Å². The molecule has 0 unspecified atom stereocenters. The van der Waals surface area contributed by atoms with Crippen molar-refractivity contribution in [3.8, 4) is 12.3 Å². The first-order chi connectivity index (χ1) is 7.15. The van der Waals surface area contributed by atoms with E-state index in [4.69, 9.17) is 11.2 Å². The number of amides is 1. The number of nitrogens with zero attached hydrogens (tertiary/aromatic N) is 1. The minimum atomic E-state index is -0.345. The molecule has 0 aromatic heterocycles. The van der Waals surface area contributed by atoms with E-state index in [2.05, 4.69) is 5.92 Å². The fourth-order valence-corrected chi connectivity index (χ4v) is 1.09. The molecule has 1 amide bonds. The van der Waals surface area contributed by atoms with Crippen LogP contribution in [0.25, 0.3) is 0 Å². The van der Waals surface area contributed by atoms with Crippen LogP contribution in [0.15, 0.2) is 0 Å². The van der Waals surface area contributed by atoms with Gasteiger partial charge >= 0.3 is 5.97 Å². The van der Waals surface area contributed by atoms with Crippen LogP contribution in [0, 0.1) is 12.3 Å². The zero-order chi connectivity index (χ0) is 11.7. The summed E-state index contributed by atoms with van der Waals surface area (Å²) in [5.41, 5.74) is 0. The molecule has 4 heteroatoms. The van der Waals surface area contributed by atoms with Crippen LogP contribution in [0.3, 0.4) is 0 Å². The van der Waals surface area contributed by atoms with Crippen LogP contribution >= 0.6 is 0 Å². The summed E-state index contributed by atoms with van der Waals surface area (Å²) in [6.45, 7) is 4.77. The maximum absolute atomic E-state index is 11.5. The van der Waals surface area contributed by atoms with Gasteiger partial charge in [0.1, 0.15) is 0 Å². The van der Waals surface area contributed by atoms with Crippen LogP contribution < -0.4 is 0 Å². The van der Waals surface area contributed by atoms with Crippen molar-refractivity contribution in [1.29, 1.82) is 0 Å². The molecule has 0 aliphatic rings. The van der Waals surface area contributed by atoms with Crippen LogP contribution in [0.1, 0.15) is 26.7 Å². The number of carbonyl (C=O) groups is 2. The average Bonchev–Trinajstić information content (AvgIpc) is 2.23. The van der Waals surface area contributed by atoms with Crippen LogP contribution in [0.5, 0.6) is 0 Å². The van der Waals surface area contributed by atoms with Crippen LogP contribution in [-0.2, 0) is 14.3 Å². The summed E-state index contributed by atoms with van der Waals surface area (Å²) in [5, 5.41) is 0. The number of hydrogen-bond donors (Lipinski definition) is 0. The molecule has 0 N–H and O–H groups in total. The minimum Gasteiger partial charge on any atom is -0.466 e. The standard InChI is InChI=1S/C11H17NO3/c1-4-9-12(5-2)10(13)7-8-11(14)15-6-3/h1H,5-9H2,2-3H3. The van der Waals surface area contributed by atoms with Gasteiger partial charge in [-0.15, -0.1) is 6.42 Å². The highest BCUT2D eigenvalue weighted by Crippen LogP contribution is 1.99. The predicted octanol–water partition coefficient (Wildman–Crippen LogP) is 0.811. The van der Waals surface area contributed by atoms with Crippen molar-refractivity contribution in [2.75, 3.05) is 19.7 Å². The molecule has 0 fully saturated rings. The number of esters is 1. The lowest BCUT2D eigenvalue weighted by atomic mass is 10.2. The van der Waals surface area contributed by atoms with E-state index in [1.54, 1.807) is 6.92 Å². The SMILES string of the molecule is C#CCN(CC)C(=O)CCC(=O)OCC. The van der Waals surface area contributed by atoms with E-state index >= 15 is 0 Å². The fraction of sp³-hybridized carbons (Fsp3) is 0.636. The summed E-state index contributed by atoms with van der Waals surface area (Å²) < 4.78 is 4.72. The maximum atomic E-state index is 11.5. The Kier molecular flexibility index (Phi) is 7.08. The Bertz CT molecular complexity index is 255. The molecule has 0 saturated carbocycles. The Balaban J connectivity index is 3.91. The van der Waals surface area contributed by atoms with E-state index in [0.29, 0.717) is 13.2 Å². The van der Waals surface area contributed by atoms with Crippen LogP contribution in [0.4, 0.5) is 0 Å². The Morgan fingerprint density at radius 2 is 2.00 bits per heavy atom. The summed E-state index contributed by atoms with van der Waals surface area (Å²) in [4.78, 5) is 24.0. The average molecular weight is 211 g/mol. The Morgan fingerprint density at radius 3 is 2.47 bits per heavy atom. The second-order valence-corrected chi connectivity index (χ2v) is 2.92. The van der Waals surface area contributed by atoms with Gasteiger partial charge in [-0.25, -0.2) is 0 Å². The second kappa shape index (κ2) is 7.86. The molecule has 0 saturated heterocycles. The van der Waals surface area contributed by atoms with E-state index in [-0.39, 0.29) is 31.3 Å². The highest BCUT2D eigenvalue weighted by atomic mass is 16.5. The Morgan fingerprint density at radius 1 is 1.33 bits per heavy atom. The third-order valence-corrected chi connectivity index (χ3v) is 1.86. The van der Waals surface area contributed by atoms with Crippen molar-refractivity contribution >= 4 is 11.9 Å². The zero-order valence-corrected chi connectivity index (χ0v) is 9.28. The number of carbonyl (C=O) groups excluding carboxylic acids is 2. The van der Waals surface area contributed by atoms with Crippen molar-refractivity contribution in [3.05, 3.63) is 0 Å². The molecule has 0 heterocycles. The molecule has 0 rings (SSSR count). The lowest BCUT2D eigenvalue weighted by molar-refractivity contribution is -0.145. The highest BCUT2D eigenvalue weighted by Gasteiger charge is 2.12. The summed E-state index contributed by atoms with van der Waals surface area (Å²) in [5.74, 6) is 1.95. The second-order valence-electron chi connectivity index (χ2n) is 2.92. The molecular formula is C11H17NO3. The molecule has 0 spiro atoms. The van der Waals surface area contributed by atoms with E-state index in [1.807, 2.05) is 6.92 Å². The summed E-state index contributed by atoms with van der Waals surface area (Å²) >= 11 is 0. The first kappa shape index (κ1) is 13.5. The number of rotatable bonds is 6. The van der Waals surface area contributed by atoms with Gasteiger partial charge in [-0.1, -0.05) is 5.92 Å². The molecule has 0 aromatic rings. The van der Waals surface area contributed by atoms with Gasteiger partial charge < -0.3 is 9.64 Å². The topological polar surface area (TPSA) is 46.6 Å². The van der Waals surface area contributed by atoms with Crippen molar-refractivity contribution in [2.45, 2.75) is 26.7 Å². The Labute approximate surface area is 90.6 Å². The monoisotopic (exact) mass is 211 g/mol. The fourth-order valence-electron chi connectivity index (χ4n) is 1.09. The predicted molar refractivity (Wildman–Crippen MR) is 57.0 cm³/mol. The highest BCUT2D eigenvalue weighted by molar-refractivity contribution is 5.81. The lowest BCUT2D eigenvalue weighted by Gasteiger charge is -2.17. The van der Waals surface area contributed by atoms with E-state index in [0.717, 1.165) is 0 Å². The van der Waals surface area contributed by atoms with Crippen LogP contribution in [-0.4, -0.2) is 36.5 Å². The molecular weight excluding hydrogens is 194 g/mol. The molecule has 0 bridgehead atoms. The van der Waals surface area contributed by atoms with Gasteiger partial charge in [-0.3, -0.25) is 9.59 Å². The third kappa shape index (κ3) is 5.74. The van der Waals surface area contributed by atoms with E-state index in [1.165, 1.54) is 4.90 Å². The molecule has 0 aliphatic heterocycles. The molecule has 15 heavy (non-hydrogen) atoms. The lowest BCUT2D eigenvalue weighted by Crippen LogP contribution is -2.31. The van der Waals surface area contributed by atoms with Crippen molar-refractivity contribution < 1.29 is 14.3 Å². The molecule has 4 nitrogen and oxygen atoms in total. The minimum absolute atomic E-state index is 0.108. The van der Waals surface area contributed by atoms with Gasteiger partial charge in [0.2, 0.25) is 5.91 Å². The zero-order valence-electron chi connectivity index (χ0n) is 9.28. The van der Waals surface area contributed by atoms with Gasteiger partial charge in [0, 0.05) is 13.0 Å².